The molecule has 2 unspecified atom stereocenters. The molecular formula is C10H22N2. The third-order valence-electron chi connectivity index (χ3n) is 3.01. The quantitative estimate of drug-likeness (QED) is 0.672. The Kier molecular flexibility index (Phi) is 3.53. The summed E-state index contributed by atoms with van der Waals surface area (Å²) >= 11 is 0. The molecule has 1 rings (SSSR count). The maximum absolute atomic E-state index is 3.47. The maximum atomic E-state index is 3.47. The Morgan fingerprint density at radius 3 is 2.42 bits per heavy atom. The van der Waals surface area contributed by atoms with E-state index >= 15 is 0 Å². The van der Waals surface area contributed by atoms with Crippen molar-refractivity contribution >= 4 is 0 Å². The minimum absolute atomic E-state index is 0.612. The Morgan fingerprint density at radius 1 is 1.42 bits per heavy atom. The molecule has 1 fully saturated rings. The van der Waals surface area contributed by atoms with Gasteiger partial charge in [0.05, 0.1) is 0 Å². The third kappa shape index (κ3) is 2.46. The van der Waals surface area contributed by atoms with Crippen LogP contribution in [-0.4, -0.2) is 36.6 Å². The van der Waals surface area contributed by atoms with Crippen LogP contribution in [0.2, 0.25) is 0 Å². The summed E-state index contributed by atoms with van der Waals surface area (Å²) in [5.74, 6) is 0. The summed E-state index contributed by atoms with van der Waals surface area (Å²) in [7, 11) is 2.25. The van der Waals surface area contributed by atoms with Crippen molar-refractivity contribution in [1.82, 2.24) is 10.2 Å². The molecule has 0 aromatic heterocycles. The molecule has 1 aliphatic carbocycles. The van der Waals surface area contributed by atoms with Crippen molar-refractivity contribution in [2.75, 3.05) is 13.6 Å². The van der Waals surface area contributed by atoms with Gasteiger partial charge in [0.25, 0.3) is 0 Å². The molecule has 2 atom stereocenters. The van der Waals surface area contributed by atoms with Gasteiger partial charge in [0.2, 0.25) is 0 Å². The van der Waals surface area contributed by atoms with Gasteiger partial charge in [0, 0.05) is 18.1 Å². The normalized spacial score (nSPS) is 22.8. The minimum atomic E-state index is 0.612. The lowest BCUT2D eigenvalue weighted by atomic mass is 10.1. The van der Waals surface area contributed by atoms with Crippen LogP contribution >= 0.6 is 0 Å². The summed E-state index contributed by atoms with van der Waals surface area (Å²) in [6.45, 7) is 7.82. The van der Waals surface area contributed by atoms with Crippen LogP contribution in [0.25, 0.3) is 0 Å². The van der Waals surface area contributed by atoms with Crippen LogP contribution in [-0.2, 0) is 0 Å². The molecule has 0 aromatic carbocycles. The second-order valence-electron chi connectivity index (χ2n) is 3.98. The molecule has 1 aliphatic rings. The predicted octanol–water partition coefficient (Wildman–Crippen LogP) is 1.47. The molecule has 0 amide bonds. The van der Waals surface area contributed by atoms with Crippen LogP contribution in [0.4, 0.5) is 0 Å². The zero-order valence-electron chi connectivity index (χ0n) is 8.80. The van der Waals surface area contributed by atoms with Crippen LogP contribution in [0.5, 0.6) is 0 Å². The standard InChI is InChI=1S/C10H22N2/c1-5-11-8(2)9(3)12(4)10-6-7-10/h8-11H,5-7H2,1-4H3. The zero-order valence-corrected chi connectivity index (χ0v) is 8.80. The Hall–Kier alpha value is -0.0800. The van der Waals surface area contributed by atoms with Crippen molar-refractivity contribution in [2.24, 2.45) is 0 Å². The first-order chi connectivity index (χ1) is 5.66. The Labute approximate surface area is 76.3 Å². The van der Waals surface area contributed by atoms with Gasteiger partial charge >= 0.3 is 0 Å². The lowest BCUT2D eigenvalue weighted by Gasteiger charge is -2.30. The van der Waals surface area contributed by atoms with Crippen LogP contribution in [0.3, 0.4) is 0 Å². The van der Waals surface area contributed by atoms with E-state index in [0.29, 0.717) is 12.1 Å². The zero-order chi connectivity index (χ0) is 9.14. The van der Waals surface area contributed by atoms with Crippen molar-refractivity contribution in [2.45, 2.75) is 51.7 Å². The lowest BCUT2D eigenvalue weighted by Crippen LogP contribution is -2.46. The number of likely N-dealkylation sites (N-methyl/N-ethyl adjacent to an activating group) is 2. The van der Waals surface area contributed by atoms with E-state index < -0.39 is 0 Å². The fraction of sp³-hybridized carbons (Fsp3) is 1.00. The molecule has 0 heterocycles. The molecule has 2 nitrogen and oxygen atoms in total. The van der Waals surface area contributed by atoms with E-state index in [1.54, 1.807) is 0 Å². The number of nitrogens with one attached hydrogen (secondary N) is 1. The fourth-order valence-electron chi connectivity index (χ4n) is 1.66. The molecule has 2 heteroatoms. The van der Waals surface area contributed by atoms with Crippen LogP contribution < -0.4 is 5.32 Å². The SMILES string of the molecule is CCNC(C)C(C)N(C)C1CC1. The first-order valence-electron chi connectivity index (χ1n) is 5.12. The molecule has 12 heavy (non-hydrogen) atoms. The number of rotatable bonds is 5. The van der Waals surface area contributed by atoms with E-state index in [1.165, 1.54) is 12.8 Å². The smallest absolute Gasteiger partial charge is 0.0218 e. The molecule has 1 N–H and O–H groups in total. The summed E-state index contributed by atoms with van der Waals surface area (Å²) < 4.78 is 0. The van der Waals surface area contributed by atoms with Crippen molar-refractivity contribution < 1.29 is 0 Å². The number of hydrogen-bond donors (Lipinski definition) is 1. The molecule has 0 radical (unpaired) electrons. The minimum Gasteiger partial charge on any atom is -0.313 e. The van der Waals surface area contributed by atoms with Crippen LogP contribution in [0.1, 0.15) is 33.6 Å². The van der Waals surface area contributed by atoms with Gasteiger partial charge in [-0.2, -0.15) is 0 Å². The summed E-state index contributed by atoms with van der Waals surface area (Å²) in [5.41, 5.74) is 0. The van der Waals surface area contributed by atoms with Gasteiger partial charge in [-0.3, -0.25) is 4.90 Å². The van der Waals surface area contributed by atoms with Gasteiger partial charge in [0.1, 0.15) is 0 Å². The third-order valence-corrected chi connectivity index (χ3v) is 3.01. The average molecular weight is 170 g/mol. The molecule has 0 spiro atoms. The van der Waals surface area contributed by atoms with Gasteiger partial charge in [0.15, 0.2) is 0 Å². The Bertz CT molecular complexity index is 132. The largest absolute Gasteiger partial charge is 0.313 e. The van der Waals surface area contributed by atoms with E-state index in [0.717, 1.165) is 12.6 Å². The van der Waals surface area contributed by atoms with Crippen molar-refractivity contribution in [1.29, 1.82) is 0 Å². The van der Waals surface area contributed by atoms with Gasteiger partial charge in [-0.15, -0.1) is 0 Å². The average Bonchev–Trinajstić information content (AvgIpc) is 2.84. The lowest BCUT2D eigenvalue weighted by molar-refractivity contribution is 0.206. The van der Waals surface area contributed by atoms with E-state index in [1.807, 2.05) is 0 Å². The number of hydrogen-bond acceptors (Lipinski definition) is 2. The molecular weight excluding hydrogens is 148 g/mol. The second kappa shape index (κ2) is 4.24. The van der Waals surface area contributed by atoms with Gasteiger partial charge in [-0.1, -0.05) is 6.92 Å². The predicted molar refractivity (Wildman–Crippen MR) is 53.4 cm³/mol. The van der Waals surface area contributed by atoms with Crippen molar-refractivity contribution in [3.8, 4) is 0 Å². The first kappa shape index (κ1) is 10.0. The van der Waals surface area contributed by atoms with Crippen LogP contribution in [0.15, 0.2) is 0 Å². The highest BCUT2D eigenvalue weighted by atomic mass is 15.2. The fourth-order valence-corrected chi connectivity index (χ4v) is 1.66. The summed E-state index contributed by atoms with van der Waals surface area (Å²) in [5, 5.41) is 3.47. The van der Waals surface area contributed by atoms with Gasteiger partial charge < -0.3 is 5.32 Å². The van der Waals surface area contributed by atoms with E-state index in [4.69, 9.17) is 0 Å². The molecule has 0 saturated heterocycles. The number of nitrogens with zero attached hydrogens (tertiary/aromatic N) is 1. The topological polar surface area (TPSA) is 15.3 Å². The summed E-state index contributed by atoms with van der Waals surface area (Å²) in [6, 6.07) is 2.15. The van der Waals surface area contributed by atoms with E-state index in [2.05, 4.69) is 38.0 Å². The highest BCUT2D eigenvalue weighted by molar-refractivity contribution is 4.88. The first-order valence-corrected chi connectivity index (χ1v) is 5.12. The highest BCUT2D eigenvalue weighted by Crippen LogP contribution is 2.27. The van der Waals surface area contributed by atoms with E-state index in [9.17, 15) is 0 Å². The molecule has 1 saturated carbocycles. The van der Waals surface area contributed by atoms with Crippen molar-refractivity contribution in [3.63, 3.8) is 0 Å². The monoisotopic (exact) mass is 170 g/mol. The second-order valence-corrected chi connectivity index (χ2v) is 3.98. The Morgan fingerprint density at radius 2 is 2.00 bits per heavy atom. The molecule has 0 bridgehead atoms. The summed E-state index contributed by atoms with van der Waals surface area (Å²) in [4.78, 5) is 2.51. The van der Waals surface area contributed by atoms with Gasteiger partial charge in [-0.05, 0) is 40.3 Å². The molecule has 0 aromatic rings. The maximum Gasteiger partial charge on any atom is 0.0218 e. The van der Waals surface area contributed by atoms with Gasteiger partial charge in [-0.25, -0.2) is 0 Å². The van der Waals surface area contributed by atoms with Crippen molar-refractivity contribution in [3.05, 3.63) is 0 Å². The van der Waals surface area contributed by atoms with Crippen LogP contribution in [0, 0.1) is 0 Å². The Balaban J connectivity index is 2.28. The summed E-state index contributed by atoms with van der Waals surface area (Å²) in [6.07, 6.45) is 2.80. The highest BCUT2D eigenvalue weighted by Gasteiger charge is 2.30. The molecule has 72 valence electrons. The van der Waals surface area contributed by atoms with E-state index in [-0.39, 0.29) is 0 Å². The molecule has 0 aliphatic heterocycles.